The average molecular weight is 297 g/mol. The number of hydrogen-bond donors (Lipinski definition) is 1. The van der Waals surface area contributed by atoms with Crippen LogP contribution in [0, 0.1) is 13.8 Å². The quantitative estimate of drug-likeness (QED) is 0.681. The van der Waals surface area contributed by atoms with Crippen LogP contribution in [0.25, 0.3) is 0 Å². The van der Waals surface area contributed by atoms with Gasteiger partial charge in [-0.15, -0.1) is 0 Å². The molecule has 0 fully saturated rings. The maximum absolute atomic E-state index is 11.8. The van der Waals surface area contributed by atoms with E-state index in [2.05, 4.69) is 15.5 Å². The lowest BCUT2D eigenvalue weighted by Crippen LogP contribution is -2.25. The summed E-state index contributed by atoms with van der Waals surface area (Å²) in [5.41, 5.74) is 6.19. The first-order valence-electron chi connectivity index (χ1n) is 7.00. The van der Waals surface area contributed by atoms with Gasteiger partial charge in [-0.05, 0) is 50.1 Å². The molecule has 114 valence electrons. The highest BCUT2D eigenvalue weighted by molar-refractivity contribution is 5.99. The van der Waals surface area contributed by atoms with Crippen molar-refractivity contribution in [3.8, 4) is 5.75 Å². The lowest BCUT2D eigenvalue weighted by molar-refractivity contribution is -0.123. The van der Waals surface area contributed by atoms with E-state index in [4.69, 9.17) is 4.74 Å². The maximum atomic E-state index is 11.8. The largest absolute Gasteiger partial charge is 0.483 e. The third-order valence-corrected chi connectivity index (χ3v) is 3.15. The molecule has 0 spiro atoms. The van der Waals surface area contributed by atoms with Gasteiger partial charge < -0.3 is 4.74 Å². The molecule has 0 unspecified atom stereocenters. The van der Waals surface area contributed by atoms with Crippen LogP contribution in [0.5, 0.6) is 5.75 Å². The molecule has 1 heterocycles. The van der Waals surface area contributed by atoms with E-state index in [-0.39, 0.29) is 12.5 Å². The van der Waals surface area contributed by atoms with Crippen molar-refractivity contribution in [1.29, 1.82) is 0 Å². The molecule has 22 heavy (non-hydrogen) atoms. The molecule has 5 heteroatoms. The molecular weight excluding hydrogens is 278 g/mol. The van der Waals surface area contributed by atoms with Gasteiger partial charge in [0.05, 0.1) is 5.71 Å². The van der Waals surface area contributed by atoms with Gasteiger partial charge in [0, 0.05) is 18.0 Å². The molecule has 0 aliphatic heterocycles. The van der Waals surface area contributed by atoms with E-state index >= 15 is 0 Å². The first-order valence-corrected chi connectivity index (χ1v) is 7.00. The van der Waals surface area contributed by atoms with E-state index in [1.807, 2.05) is 51.1 Å². The minimum Gasteiger partial charge on any atom is -0.483 e. The van der Waals surface area contributed by atoms with Gasteiger partial charge in [-0.25, -0.2) is 5.43 Å². The number of aryl methyl sites for hydroxylation is 2. The van der Waals surface area contributed by atoms with Gasteiger partial charge in [0.25, 0.3) is 5.91 Å². The van der Waals surface area contributed by atoms with Crippen molar-refractivity contribution in [2.45, 2.75) is 20.8 Å². The van der Waals surface area contributed by atoms with Crippen molar-refractivity contribution in [2.24, 2.45) is 5.10 Å². The Morgan fingerprint density at radius 3 is 2.68 bits per heavy atom. The number of pyridine rings is 1. The second-order valence-corrected chi connectivity index (χ2v) is 5.03. The van der Waals surface area contributed by atoms with Crippen LogP contribution in [0.15, 0.2) is 47.8 Å². The van der Waals surface area contributed by atoms with Crippen LogP contribution in [0.3, 0.4) is 0 Å². The Labute approximate surface area is 130 Å². The molecule has 1 aromatic carbocycles. The van der Waals surface area contributed by atoms with Crippen molar-refractivity contribution in [3.63, 3.8) is 0 Å². The maximum Gasteiger partial charge on any atom is 0.277 e. The zero-order valence-electron chi connectivity index (χ0n) is 13.0. The van der Waals surface area contributed by atoms with E-state index in [9.17, 15) is 4.79 Å². The molecule has 0 aliphatic carbocycles. The molecule has 2 rings (SSSR count). The number of amides is 1. The fourth-order valence-corrected chi connectivity index (χ4v) is 1.84. The number of benzene rings is 1. The van der Waals surface area contributed by atoms with E-state index in [0.717, 1.165) is 16.7 Å². The summed E-state index contributed by atoms with van der Waals surface area (Å²) in [6.07, 6.45) is 3.36. The number of nitrogens with one attached hydrogen (secondary N) is 1. The van der Waals surface area contributed by atoms with Gasteiger partial charge in [-0.3, -0.25) is 9.78 Å². The number of carbonyl (C=O) groups is 1. The number of hydrogen-bond acceptors (Lipinski definition) is 4. The standard InChI is InChI=1S/C17H19N3O2/c1-12-4-5-13(2)16(10-12)22-11-17(21)20-19-14(3)15-6-8-18-9-7-15/h4-10H,11H2,1-3H3,(H,20,21). The van der Waals surface area contributed by atoms with E-state index in [1.54, 1.807) is 12.4 Å². The van der Waals surface area contributed by atoms with Crippen LogP contribution in [0.2, 0.25) is 0 Å². The van der Waals surface area contributed by atoms with E-state index in [1.165, 1.54) is 0 Å². The molecule has 1 N–H and O–H groups in total. The van der Waals surface area contributed by atoms with Crippen molar-refractivity contribution >= 4 is 11.6 Å². The fourth-order valence-electron chi connectivity index (χ4n) is 1.84. The molecule has 5 nitrogen and oxygen atoms in total. The van der Waals surface area contributed by atoms with Crippen LogP contribution < -0.4 is 10.2 Å². The molecule has 0 aliphatic rings. The molecule has 0 saturated heterocycles. The summed E-state index contributed by atoms with van der Waals surface area (Å²) in [6, 6.07) is 9.54. The minimum absolute atomic E-state index is 0.0720. The van der Waals surface area contributed by atoms with Crippen LogP contribution in [0.4, 0.5) is 0 Å². The summed E-state index contributed by atoms with van der Waals surface area (Å²) in [4.78, 5) is 15.7. The number of hydrazone groups is 1. The zero-order valence-corrected chi connectivity index (χ0v) is 13.0. The summed E-state index contributed by atoms with van der Waals surface area (Å²) in [7, 11) is 0. The second kappa shape index (κ2) is 7.36. The highest BCUT2D eigenvalue weighted by Crippen LogP contribution is 2.18. The molecule has 0 saturated carbocycles. The van der Waals surface area contributed by atoms with Crippen LogP contribution in [-0.2, 0) is 4.79 Å². The first kappa shape index (κ1) is 15.7. The van der Waals surface area contributed by atoms with Crippen molar-refractivity contribution in [1.82, 2.24) is 10.4 Å². The molecule has 1 amide bonds. The molecule has 0 bridgehead atoms. The number of carbonyl (C=O) groups excluding carboxylic acids is 1. The molecule has 1 aromatic heterocycles. The smallest absolute Gasteiger partial charge is 0.277 e. The number of rotatable bonds is 5. The summed E-state index contributed by atoms with van der Waals surface area (Å²) < 4.78 is 5.53. The molecule has 0 radical (unpaired) electrons. The molecule has 0 atom stereocenters. The summed E-state index contributed by atoms with van der Waals surface area (Å²) in [6.45, 7) is 5.67. The summed E-state index contributed by atoms with van der Waals surface area (Å²) in [5.74, 6) is 0.416. The monoisotopic (exact) mass is 297 g/mol. The van der Waals surface area contributed by atoms with Gasteiger partial charge in [0.15, 0.2) is 6.61 Å². The van der Waals surface area contributed by atoms with E-state index in [0.29, 0.717) is 11.5 Å². The first-order chi connectivity index (χ1) is 10.6. The number of nitrogens with zero attached hydrogens (tertiary/aromatic N) is 2. The van der Waals surface area contributed by atoms with Crippen molar-refractivity contribution < 1.29 is 9.53 Å². The number of ether oxygens (including phenoxy) is 1. The van der Waals surface area contributed by atoms with Crippen LogP contribution in [0.1, 0.15) is 23.6 Å². The summed E-state index contributed by atoms with van der Waals surface area (Å²) >= 11 is 0. The Morgan fingerprint density at radius 1 is 1.23 bits per heavy atom. The summed E-state index contributed by atoms with van der Waals surface area (Å²) in [5, 5.41) is 4.06. The normalized spacial score (nSPS) is 11.1. The Balaban J connectivity index is 1.89. The Kier molecular flexibility index (Phi) is 5.25. The molecule has 2 aromatic rings. The lowest BCUT2D eigenvalue weighted by atomic mass is 10.1. The van der Waals surface area contributed by atoms with Gasteiger partial charge in [-0.1, -0.05) is 12.1 Å². The Morgan fingerprint density at radius 2 is 1.95 bits per heavy atom. The SMILES string of the molecule is CC(=NNC(=O)COc1cc(C)ccc1C)c1ccncc1. The highest BCUT2D eigenvalue weighted by Gasteiger charge is 2.05. The van der Waals surface area contributed by atoms with Gasteiger partial charge in [-0.2, -0.15) is 5.10 Å². The highest BCUT2D eigenvalue weighted by atomic mass is 16.5. The van der Waals surface area contributed by atoms with Crippen LogP contribution >= 0.6 is 0 Å². The zero-order chi connectivity index (χ0) is 15.9. The third kappa shape index (κ3) is 4.41. The van der Waals surface area contributed by atoms with E-state index < -0.39 is 0 Å². The fraction of sp³-hybridized carbons (Fsp3) is 0.235. The van der Waals surface area contributed by atoms with Gasteiger partial charge in [0.2, 0.25) is 0 Å². The third-order valence-electron chi connectivity index (χ3n) is 3.15. The van der Waals surface area contributed by atoms with Crippen molar-refractivity contribution in [2.75, 3.05) is 6.61 Å². The van der Waals surface area contributed by atoms with Crippen molar-refractivity contribution in [3.05, 3.63) is 59.4 Å². The Hall–Kier alpha value is -2.69. The minimum atomic E-state index is -0.297. The lowest BCUT2D eigenvalue weighted by Gasteiger charge is -2.09. The predicted octanol–water partition coefficient (Wildman–Crippen LogP) is 2.62. The molecular formula is C17H19N3O2. The Bertz CT molecular complexity index is 682. The van der Waals surface area contributed by atoms with Gasteiger partial charge in [0.1, 0.15) is 5.75 Å². The predicted molar refractivity (Wildman–Crippen MR) is 86.0 cm³/mol. The average Bonchev–Trinajstić information content (AvgIpc) is 2.54. The number of aromatic nitrogens is 1. The van der Waals surface area contributed by atoms with Crippen LogP contribution in [-0.4, -0.2) is 23.2 Å². The topological polar surface area (TPSA) is 63.6 Å². The van der Waals surface area contributed by atoms with Gasteiger partial charge >= 0.3 is 0 Å². The second-order valence-electron chi connectivity index (χ2n) is 5.03.